The van der Waals surface area contributed by atoms with Gasteiger partial charge in [0, 0.05) is 45.4 Å². The monoisotopic (exact) mass is 699 g/mol. The molecule has 4 aromatic heterocycles. The lowest BCUT2D eigenvalue weighted by atomic mass is 10.0. The Balaban J connectivity index is 0.000000154. The molecular formula is C39H26BrN9. The third kappa shape index (κ3) is 6.52. The fourth-order valence-corrected chi connectivity index (χ4v) is 5.67. The minimum absolute atomic E-state index is 0.126. The summed E-state index contributed by atoms with van der Waals surface area (Å²) in [6.07, 6.45) is 3.55. The summed E-state index contributed by atoms with van der Waals surface area (Å²) < 4.78 is 0.545. The highest BCUT2D eigenvalue weighted by atomic mass is 79.9. The molecule has 4 aromatic carbocycles. The normalized spacial score (nSPS) is 10.7. The average Bonchev–Trinajstić information content (AvgIpc) is 3.16. The summed E-state index contributed by atoms with van der Waals surface area (Å²) in [6.45, 7) is 0. The molecule has 0 aliphatic carbocycles. The van der Waals surface area contributed by atoms with E-state index in [1.54, 1.807) is 12.4 Å². The Labute approximate surface area is 290 Å². The molecule has 0 saturated carbocycles. The number of anilines is 2. The van der Waals surface area contributed by atoms with Gasteiger partial charge >= 0.3 is 0 Å². The van der Waals surface area contributed by atoms with Gasteiger partial charge in [-0.2, -0.15) is 5.26 Å². The maximum atomic E-state index is 9.28. The predicted octanol–water partition coefficient (Wildman–Crippen LogP) is 8.52. The van der Waals surface area contributed by atoms with Crippen molar-refractivity contribution < 1.29 is 0 Å². The molecule has 0 atom stereocenters. The Morgan fingerprint density at radius 3 is 1.47 bits per heavy atom. The molecule has 10 heteroatoms. The maximum absolute atomic E-state index is 9.28. The van der Waals surface area contributed by atoms with Gasteiger partial charge in [0.15, 0.2) is 17.3 Å². The molecule has 4 N–H and O–H groups in total. The summed E-state index contributed by atoms with van der Waals surface area (Å²) in [4.78, 5) is 26.8. The van der Waals surface area contributed by atoms with Gasteiger partial charge in [0.05, 0.1) is 33.8 Å². The predicted molar refractivity (Wildman–Crippen MR) is 198 cm³/mol. The summed E-state index contributed by atoms with van der Waals surface area (Å²) in [7, 11) is 0. The van der Waals surface area contributed by atoms with Gasteiger partial charge in [-0.05, 0) is 52.3 Å². The third-order valence-electron chi connectivity index (χ3n) is 7.75. The van der Waals surface area contributed by atoms with Crippen LogP contribution in [0.3, 0.4) is 0 Å². The zero-order valence-electron chi connectivity index (χ0n) is 25.9. The number of benzene rings is 4. The molecule has 0 aliphatic rings. The van der Waals surface area contributed by atoms with E-state index in [1.165, 1.54) is 0 Å². The van der Waals surface area contributed by atoms with E-state index in [1.807, 2.05) is 121 Å². The van der Waals surface area contributed by atoms with E-state index in [0.717, 1.165) is 55.4 Å². The van der Waals surface area contributed by atoms with E-state index >= 15 is 0 Å². The van der Waals surface area contributed by atoms with E-state index in [2.05, 4.69) is 51.9 Å². The molecule has 9 nitrogen and oxygen atoms in total. The lowest BCUT2D eigenvalue weighted by Crippen LogP contribution is -2.03. The van der Waals surface area contributed by atoms with Gasteiger partial charge in [-0.1, -0.05) is 84.9 Å². The zero-order valence-corrected chi connectivity index (χ0v) is 27.5. The molecule has 0 bridgehead atoms. The van der Waals surface area contributed by atoms with Crippen molar-refractivity contribution in [1.29, 1.82) is 5.26 Å². The van der Waals surface area contributed by atoms with Gasteiger partial charge in [0.25, 0.3) is 0 Å². The van der Waals surface area contributed by atoms with Crippen LogP contribution in [0.25, 0.3) is 66.8 Å². The highest BCUT2D eigenvalue weighted by molar-refractivity contribution is 9.10. The molecule has 49 heavy (non-hydrogen) atoms. The molecular weight excluding hydrogens is 674 g/mol. The number of aromatic nitrogens is 6. The summed E-state index contributed by atoms with van der Waals surface area (Å²) >= 11 is 3.39. The summed E-state index contributed by atoms with van der Waals surface area (Å²) in [5, 5.41) is 11.3. The van der Waals surface area contributed by atoms with Crippen LogP contribution in [0.2, 0.25) is 0 Å². The fourth-order valence-electron chi connectivity index (χ4n) is 5.40. The summed E-state index contributed by atoms with van der Waals surface area (Å²) in [5.41, 5.74) is 20.4. The van der Waals surface area contributed by atoms with Crippen molar-refractivity contribution in [3.8, 4) is 51.1 Å². The molecule has 0 aliphatic heterocycles. The zero-order chi connectivity index (χ0) is 33.7. The Kier molecular flexibility index (Phi) is 8.65. The van der Waals surface area contributed by atoms with Crippen LogP contribution in [0.15, 0.2) is 138 Å². The van der Waals surface area contributed by atoms with Crippen LogP contribution in [-0.4, -0.2) is 29.9 Å². The van der Waals surface area contributed by atoms with Crippen LogP contribution >= 0.6 is 15.9 Å². The number of pyridine rings is 2. The van der Waals surface area contributed by atoms with Crippen molar-refractivity contribution in [3.63, 3.8) is 0 Å². The summed E-state index contributed by atoms with van der Waals surface area (Å²) in [5.74, 6) is 0.507. The first kappa shape index (κ1) is 31.1. The number of nitrogens with two attached hydrogens (primary N) is 2. The van der Waals surface area contributed by atoms with Crippen molar-refractivity contribution in [3.05, 3.63) is 144 Å². The van der Waals surface area contributed by atoms with E-state index < -0.39 is 0 Å². The molecule has 4 heterocycles. The highest BCUT2D eigenvalue weighted by Crippen LogP contribution is 2.34. The van der Waals surface area contributed by atoms with Crippen molar-refractivity contribution in [2.75, 3.05) is 11.5 Å². The SMILES string of the molecule is N#Cc1nc(-c2ccc3ncccc3c2)c(-c2ccccc2)nc1N.Nc1nc(-c2ccccc2)c(-c2ccc3ncccc3c2)nc1Br. The largest absolute Gasteiger partial charge is 0.381 e. The molecule has 0 amide bonds. The third-order valence-corrected chi connectivity index (χ3v) is 8.34. The number of hydrogen-bond donors (Lipinski definition) is 2. The van der Waals surface area contributed by atoms with Crippen molar-refractivity contribution >= 4 is 49.4 Å². The Morgan fingerprint density at radius 2 is 0.959 bits per heavy atom. The van der Waals surface area contributed by atoms with Crippen LogP contribution in [-0.2, 0) is 0 Å². The molecule has 234 valence electrons. The first-order chi connectivity index (χ1) is 24.0. The van der Waals surface area contributed by atoms with Crippen LogP contribution < -0.4 is 11.5 Å². The average molecular weight is 701 g/mol. The second-order valence-electron chi connectivity index (χ2n) is 10.9. The Morgan fingerprint density at radius 1 is 0.490 bits per heavy atom. The van der Waals surface area contributed by atoms with E-state index in [9.17, 15) is 5.26 Å². The number of nitriles is 1. The van der Waals surface area contributed by atoms with Gasteiger partial charge < -0.3 is 11.5 Å². The van der Waals surface area contributed by atoms with E-state index in [4.69, 9.17) is 11.5 Å². The minimum atomic E-state index is 0.126. The number of hydrogen-bond acceptors (Lipinski definition) is 9. The smallest absolute Gasteiger partial charge is 0.183 e. The molecule has 0 spiro atoms. The first-order valence-corrected chi connectivity index (χ1v) is 16.0. The lowest BCUT2D eigenvalue weighted by Gasteiger charge is -2.11. The maximum Gasteiger partial charge on any atom is 0.183 e. The molecule has 8 aromatic rings. The lowest BCUT2D eigenvalue weighted by molar-refractivity contribution is 1.18. The van der Waals surface area contributed by atoms with Crippen LogP contribution in [0, 0.1) is 11.3 Å². The first-order valence-electron chi connectivity index (χ1n) is 15.2. The van der Waals surface area contributed by atoms with Gasteiger partial charge in [-0.3, -0.25) is 9.97 Å². The van der Waals surface area contributed by atoms with E-state index in [0.29, 0.717) is 21.8 Å². The number of halogens is 1. The topological polar surface area (TPSA) is 153 Å². The van der Waals surface area contributed by atoms with Crippen molar-refractivity contribution in [2.24, 2.45) is 0 Å². The van der Waals surface area contributed by atoms with Gasteiger partial charge in [-0.25, -0.2) is 19.9 Å². The number of nitrogen functional groups attached to an aromatic ring is 2. The number of rotatable bonds is 4. The number of nitrogens with zero attached hydrogens (tertiary/aromatic N) is 7. The number of fused-ring (bicyclic) bond motifs is 2. The summed E-state index contributed by atoms with van der Waals surface area (Å²) in [6, 6.07) is 41.4. The second kappa shape index (κ2) is 13.7. The molecule has 0 unspecified atom stereocenters. The van der Waals surface area contributed by atoms with Gasteiger partial charge in [-0.15, -0.1) is 0 Å². The van der Waals surface area contributed by atoms with Crippen LogP contribution in [0.4, 0.5) is 11.6 Å². The van der Waals surface area contributed by atoms with Gasteiger partial charge in [0.1, 0.15) is 10.7 Å². The molecule has 0 fully saturated rings. The van der Waals surface area contributed by atoms with Crippen LogP contribution in [0.1, 0.15) is 5.69 Å². The van der Waals surface area contributed by atoms with Crippen molar-refractivity contribution in [2.45, 2.75) is 0 Å². The molecule has 0 radical (unpaired) electrons. The highest BCUT2D eigenvalue weighted by Gasteiger charge is 2.17. The Hall–Kier alpha value is -6.57. The van der Waals surface area contributed by atoms with E-state index in [-0.39, 0.29) is 11.5 Å². The second-order valence-corrected chi connectivity index (χ2v) is 11.7. The quantitative estimate of drug-likeness (QED) is 0.184. The van der Waals surface area contributed by atoms with Gasteiger partial charge in [0.2, 0.25) is 0 Å². The fraction of sp³-hybridized carbons (Fsp3) is 0. The minimum Gasteiger partial charge on any atom is -0.381 e. The van der Waals surface area contributed by atoms with Crippen molar-refractivity contribution in [1.82, 2.24) is 29.9 Å². The standard InChI is InChI=1S/C20H13N5.C19H13BrN4/c21-12-17-20(22)25-18(13-5-2-1-3-6-13)19(24-17)15-8-9-16-14(11-15)7-4-10-23-16;20-18-19(21)24-16(12-5-2-1-3-6-12)17(23-18)14-8-9-15-13(11-14)7-4-10-22-15/h1-11H,(H2,22,25);1-11H,(H2,21,24). The molecule has 0 saturated heterocycles. The van der Waals surface area contributed by atoms with Crippen LogP contribution in [0.5, 0.6) is 0 Å². The Bertz CT molecular complexity index is 2500. The molecule has 8 rings (SSSR count).